The van der Waals surface area contributed by atoms with Crippen molar-refractivity contribution in [1.82, 2.24) is 0 Å². The van der Waals surface area contributed by atoms with Crippen LogP contribution in [0.25, 0.3) is 0 Å². The molecule has 0 radical (unpaired) electrons. The fourth-order valence-electron chi connectivity index (χ4n) is 1.37. The molecule has 1 aliphatic rings. The van der Waals surface area contributed by atoms with Crippen LogP contribution in [0.1, 0.15) is 12.0 Å². The third-order valence-corrected chi connectivity index (χ3v) is 7.64. The fourth-order valence-corrected chi connectivity index (χ4v) is 6.47. The quantitative estimate of drug-likeness (QED) is 0.742. The first kappa shape index (κ1) is 11.5. The number of benzene rings is 1. The standard InChI is InChI=1S/C10H10ClNOSe2/c11-15-14-9-5-2-1-4-8(9)10-12-6-3-7-13-10/h1-2,4-5H,3,6-7H2. The van der Waals surface area contributed by atoms with E-state index in [4.69, 9.17) is 14.8 Å². The third-order valence-electron chi connectivity index (χ3n) is 2.04. The van der Waals surface area contributed by atoms with Crippen molar-refractivity contribution in [3.63, 3.8) is 0 Å². The first-order chi connectivity index (χ1) is 7.42. The van der Waals surface area contributed by atoms with Crippen molar-refractivity contribution in [2.45, 2.75) is 6.42 Å². The molecule has 1 aliphatic heterocycles. The average molecular weight is 354 g/mol. The molecular formula is C10H10ClNOSe2. The van der Waals surface area contributed by atoms with Crippen LogP contribution in [0.4, 0.5) is 0 Å². The Morgan fingerprint density at radius 3 is 2.93 bits per heavy atom. The maximum absolute atomic E-state index is 5.86. The van der Waals surface area contributed by atoms with Gasteiger partial charge in [0.15, 0.2) is 0 Å². The molecular weight excluding hydrogens is 343 g/mol. The molecule has 0 bridgehead atoms. The molecule has 0 atom stereocenters. The van der Waals surface area contributed by atoms with Gasteiger partial charge in [-0.05, 0) is 0 Å². The summed E-state index contributed by atoms with van der Waals surface area (Å²) in [7, 11) is 5.86. The number of nitrogens with zero attached hydrogens (tertiary/aromatic N) is 1. The Bertz CT molecular complexity index is 370. The molecule has 0 aliphatic carbocycles. The van der Waals surface area contributed by atoms with Gasteiger partial charge in [0.1, 0.15) is 0 Å². The second kappa shape index (κ2) is 5.93. The Hall–Kier alpha value is 0.0190. The molecule has 1 aromatic carbocycles. The van der Waals surface area contributed by atoms with Crippen molar-refractivity contribution < 1.29 is 4.74 Å². The summed E-state index contributed by atoms with van der Waals surface area (Å²) in [5, 5.41) is 0. The molecule has 0 fully saturated rings. The fraction of sp³-hybridized carbons (Fsp3) is 0.300. The molecule has 1 aromatic rings. The van der Waals surface area contributed by atoms with Crippen LogP contribution in [0.3, 0.4) is 0 Å². The second-order valence-corrected chi connectivity index (χ2v) is 11.2. The first-order valence-electron chi connectivity index (χ1n) is 4.64. The van der Waals surface area contributed by atoms with E-state index in [1.54, 1.807) is 0 Å². The molecule has 1 heterocycles. The summed E-state index contributed by atoms with van der Waals surface area (Å²) in [6.07, 6.45) is 1.02. The molecule has 2 rings (SSSR count). The van der Waals surface area contributed by atoms with Gasteiger partial charge >= 0.3 is 105 Å². The summed E-state index contributed by atoms with van der Waals surface area (Å²) in [5.74, 6) is 0.805. The van der Waals surface area contributed by atoms with Gasteiger partial charge in [-0.3, -0.25) is 0 Å². The zero-order valence-corrected chi connectivity index (χ0v) is 12.2. The number of aliphatic imine (C=N–C) groups is 1. The van der Waals surface area contributed by atoms with Gasteiger partial charge in [-0.15, -0.1) is 0 Å². The number of hydrogen-bond donors (Lipinski definition) is 0. The van der Waals surface area contributed by atoms with Crippen LogP contribution in [0.15, 0.2) is 29.3 Å². The van der Waals surface area contributed by atoms with Crippen molar-refractivity contribution in [3.05, 3.63) is 29.8 Å². The van der Waals surface area contributed by atoms with E-state index < -0.39 is 0 Å². The van der Waals surface area contributed by atoms with Gasteiger partial charge in [-0.2, -0.15) is 0 Å². The van der Waals surface area contributed by atoms with E-state index in [1.165, 1.54) is 4.46 Å². The molecule has 0 unspecified atom stereocenters. The van der Waals surface area contributed by atoms with Gasteiger partial charge in [0, 0.05) is 0 Å². The van der Waals surface area contributed by atoms with Crippen LogP contribution in [-0.4, -0.2) is 44.4 Å². The van der Waals surface area contributed by atoms with Crippen molar-refractivity contribution in [3.8, 4) is 0 Å². The molecule has 0 spiro atoms. The van der Waals surface area contributed by atoms with Crippen LogP contribution < -0.4 is 4.46 Å². The van der Waals surface area contributed by atoms with E-state index in [1.807, 2.05) is 12.1 Å². The molecule has 2 nitrogen and oxygen atoms in total. The summed E-state index contributed by atoms with van der Waals surface area (Å²) >= 11 is 0.562. The first-order valence-corrected chi connectivity index (χ1v) is 12.1. The number of hydrogen-bond acceptors (Lipinski definition) is 2. The second-order valence-electron chi connectivity index (χ2n) is 3.03. The van der Waals surface area contributed by atoms with Gasteiger partial charge in [-0.1, -0.05) is 0 Å². The van der Waals surface area contributed by atoms with Gasteiger partial charge < -0.3 is 0 Å². The number of rotatable bonds is 3. The van der Waals surface area contributed by atoms with E-state index in [9.17, 15) is 0 Å². The van der Waals surface area contributed by atoms with E-state index in [0.29, 0.717) is 13.1 Å². The monoisotopic (exact) mass is 355 g/mol. The summed E-state index contributed by atoms with van der Waals surface area (Å²) in [5.41, 5.74) is 1.14. The van der Waals surface area contributed by atoms with Gasteiger partial charge in [-0.25, -0.2) is 0 Å². The summed E-state index contributed by atoms with van der Waals surface area (Å²) in [4.78, 5) is 4.41. The van der Waals surface area contributed by atoms with Crippen molar-refractivity contribution in [1.29, 1.82) is 0 Å². The molecule has 0 aromatic heterocycles. The van der Waals surface area contributed by atoms with Crippen molar-refractivity contribution in [2.24, 2.45) is 4.99 Å². The van der Waals surface area contributed by atoms with Crippen LogP contribution >= 0.6 is 10.1 Å². The minimum atomic E-state index is 0.193. The Morgan fingerprint density at radius 2 is 2.20 bits per heavy atom. The summed E-state index contributed by atoms with van der Waals surface area (Å²) < 4.78 is 6.88. The molecule has 0 saturated heterocycles. The maximum atomic E-state index is 5.86. The van der Waals surface area contributed by atoms with Crippen LogP contribution in [-0.2, 0) is 4.74 Å². The van der Waals surface area contributed by atoms with Crippen LogP contribution in [0.2, 0.25) is 0 Å². The molecule has 0 saturated carbocycles. The Labute approximate surface area is 105 Å². The average Bonchev–Trinajstić information content (AvgIpc) is 2.31. The zero-order chi connectivity index (χ0) is 10.5. The predicted molar refractivity (Wildman–Crippen MR) is 65.4 cm³/mol. The molecule has 5 heteroatoms. The normalized spacial score (nSPS) is 15.7. The van der Waals surface area contributed by atoms with E-state index >= 15 is 0 Å². The van der Waals surface area contributed by atoms with Crippen LogP contribution in [0, 0.1) is 0 Å². The SMILES string of the molecule is Cl[Se][Se]c1ccccc1C1=NCCCO1. The Morgan fingerprint density at radius 1 is 1.33 bits per heavy atom. The predicted octanol–water partition coefficient (Wildman–Crippen LogP) is 0.956. The minimum absolute atomic E-state index is 0.193. The van der Waals surface area contributed by atoms with Crippen molar-refractivity contribution in [2.75, 3.05) is 13.2 Å². The Kier molecular flexibility index (Phi) is 4.55. The summed E-state index contributed by atoms with van der Waals surface area (Å²) in [6.45, 7) is 1.66. The topological polar surface area (TPSA) is 21.6 Å². The van der Waals surface area contributed by atoms with Crippen molar-refractivity contribution >= 4 is 45.8 Å². The van der Waals surface area contributed by atoms with Gasteiger partial charge in [0.25, 0.3) is 0 Å². The van der Waals surface area contributed by atoms with E-state index in [-0.39, 0.29) is 12.2 Å². The number of halogens is 1. The summed E-state index contributed by atoms with van der Waals surface area (Å²) in [6, 6.07) is 8.27. The number of ether oxygens (including phenoxy) is 1. The zero-order valence-electron chi connectivity index (χ0n) is 7.98. The molecule has 15 heavy (non-hydrogen) atoms. The van der Waals surface area contributed by atoms with Crippen LogP contribution in [0.5, 0.6) is 0 Å². The molecule has 80 valence electrons. The molecule has 0 amide bonds. The Balaban J connectivity index is 2.29. The van der Waals surface area contributed by atoms with Gasteiger partial charge in [0.05, 0.1) is 0 Å². The van der Waals surface area contributed by atoms with E-state index in [0.717, 1.165) is 31.0 Å². The van der Waals surface area contributed by atoms with Gasteiger partial charge in [0.2, 0.25) is 0 Å². The molecule has 0 N–H and O–H groups in total. The van der Waals surface area contributed by atoms with E-state index in [2.05, 4.69) is 17.1 Å². The third kappa shape index (κ3) is 2.99.